The number of hydrogen-bond acceptors (Lipinski definition) is 2. The summed E-state index contributed by atoms with van der Waals surface area (Å²) in [7, 11) is 0. The molecule has 3 rings (SSSR count). The van der Waals surface area contributed by atoms with Crippen LogP contribution in [0.4, 0.5) is 0 Å². The Morgan fingerprint density at radius 3 is 2.81 bits per heavy atom. The van der Waals surface area contributed by atoms with E-state index in [1.54, 1.807) is 0 Å². The van der Waals surface area contributed by atoms with Crippen molar-refractivity contribution in [1.29, 1.82) is 0 Å². The van der Waals surface area contributed by atoms with Gasteiger partial charge in [-0.05, 0) is 56.3 Å². The molecule has 1 N–H and O–H groups in total. The fourth-order valence-electron chi connectivity index (χ4n) is 4.06. The summed E-state index contributed by atoms with van der Waals surface area (Å²) in [6.07, 6.45) is 16.7. The van der Waals surface area contributed by atoms with E-state index in [-0.39, 0.29) is 12.5 Å². The third-order valence-electron chi connectivity index (χ3n) is 5.53. The fourth-order valence-corrected chi connectivity index (χ4v) is 4.06. The lowest BCUT2D eigenvalue weighted by Crippen LogP contribution is -2.26. The van der Waals surface area contributed by atoms with Gasteiger partial charge in [0.15, 0.2) is 0 Å². The van der Waals surface area contributed by atoms with Crippen molar-refractivity contribution in [2.45, 2.75) is 63.9 Å². The van der Waals surface area contributed by atoms with E-state index in [2.05, 4.69) is 12.2 Å². The molecule has 1 spiro atoms. The zero-order valence-electron chi connectivity index (χ0n) is 12.7. The van der Waals surface area contributed by atoms with Crippen LogP contribution in [0, 0.1) is 11.3 Å². The second kappa shape index (κ2) is 6.35. The van der Waals surface area contributed by atoms with E-state index in [0.717, 1.165) is 24.5 Å². The molecule has 2 atom stereocenters. The Hall–Kier alpha value is -1.09. The number of allylic oxidation sites excluding steroid dienone is 2. The van der Waals surface area contributed by atoms with Crippen LogP contribution in [0.3, 0.4) is 0 Å². The Balaban J connectivity index is 1.36. The van der Waals surface area contributed by atoms with Gasteiger partial charge < -0.3 is 9.84 Å². The van der Waals surface area contributed by atoms with Crippen molar-refractivity contribution < 1.29 is 14.6 Å². The number of aliphatic carboxylic acids is 1. The average Bonchev–Trinajstić information content (AvgIpc) is 2.89. The summed E-state index contributed by atoms with van der Waals surface area (Å²) in [5.41, 5.74) is 1.84. The fraction of sp³-hybridized carbons (Fsp3) is 0.722. The Morgan fingerprint density at radius 2 is 2.24 bits per heavy atom. The number of carbonyl (C=O) groups is 1. The van der Waals surface area contributed by atoms with Crippen molar-refractivity contribution in [3.8, 4) is 0 Å². The zero-order valence-corrected chi connectivity index (χ0v) is 12.7. The maximum Gasteiger partial charge on any atom is 0.303 e. The van der Waals surface area contributed by atoms with Gasteiger partial charge in [0.25, 0.3) is 0 Å². The summed E-state index contributed by atoms with van der Waals surface area (Å²) in [6, 6.07) is 0. The molecule has 2 saturated carbocycles. The van der Waals surface area contributed by atoms with Gasteiger partial charge in [-0.3, -0.25) is 4.79 Å². The largest absolute Gasteiger partial charge is 0.481 e. The molecule has 0 saturated heterocycles. The van der Waals surface area contributed by atoms with Gasteiger partial charge in [-0.1, -0.05) is 30.2 Å². The molecule has 0 radical (unpaired) electrons. The smallest absolute Gasteiger partial charge is 0.303 e. The number of carboxylic acids is 1. The Labute approximate surface area is 127 Å². The van der Waals surface area contributed by atoms with E-state index in [1.807, 2.05) is 6.08 Å². The van der Waals surface area contributed by atoms with Crippen LogP contribution in [-0.4, -0.2) is 23.8 Å². The molecule has 0 aliphatic heterocycles. The van der Waals surface area contributed by atoms with Crippen molar-refractivity contribution in [2.75, 3.05) is 6.61 Å². The SMILES string of the molecule is O=C(O)CCC1=CCC(OCC2CCC3(CCC3)C2)C=C1. The lowest BCUT2D eigenvalue weighted by atomic mass is 9.67. The minimum atomic E-state index is -0.728. The molecule has 116 valence electrons. The first-order valence-corrected chi connectivity index (χ1v) is 8.36. The van der Waals surface area contributed by atoms with Crippen LogP contribution >= 0.6 is 0 Å². The molecular weight excluding hydrogens is 264 g/mol. The normalized spacial score (nSPS) is 30.2. The molecule has 21 heavy (non-hydrogen) atoms. The predicted molar refractivity (Wildman–Crippen MR) is 82.1 cm³/mol. The van der Waals surface area contributed by atoms with Crippen molar-refractivity contribution in [3.05, 3.63) is 23.8 Å². The van der Waals surface area contributed by atoms with E-state index in [4.69, 9.17) is 9.84 Å². The van der Waals surface area contributed by atoms with Crippen LogP contribution in [-0.2, 0) is 9.53 Å². The third kappa shape index (κ3) is 3.76. The highest BCUT2D eigenvalue weighted by Gasteiger charge is 2.43. The summed E-state index contributed by atoms with van der Waals surface area (Å²) >= 11 is 0. The van der Waals surface area contributed by atoms with Crippen molar-refractivity contribution in [2.24, 2.45) is 11.3 Å². The van der Waals surface area contributed by atoms with Crippen LogP contribution in [0.2, 0.25) is 0 Å². The van der Waals surface area contributed by atoms with E-state index >= 15 is 0 Å². The van der Waals surface area contributed by atoms with Gasteiger partial charge in [0.1, 0.15) is 0 Å². The number of hydrogen-bond donors (Lipinski definition) is 1. The molecular formula is C18H26O3. The Morgan fingerprint density at radius 1 is 1.38 bits per heavy atom. The molecule has 0 aromatic heterocycles. The minimum absolute atomic E-state index is 0.191. The van der Waals surface area contributed by atoms with E-state index in [0.29, 0.717) is 11.8 Å². The lowest BCUT2D eigenvalue weighted by molar-refractivity contribution is -0.136. The molecule has 0 bridgehead atoms. The maximum absolute atomic E-state index is 10.6. The maximum atomic E-state index is 10.6. The molecule has 3 aliphatic rings. The van der Waals surface area contributed by atoms with Crippen LogP contribution in [0.25, 0.3) is 0 Å². The second-order valence-electron chi connectivity index (χ2n) is 7.10. The average molecular weight is 290 g/mol. The summed E-state index contributed by atoms with van der Waals surface area (Å²) in [4.78, 5) is 10.6. The first-order chi connectivity index (χ1) is 10.2. The number of carboxylic acid groups (broad SMARTS) is 1. The quantitative estimate of drug-likeness (QED) is 0.801. The molecule has 3 nitrogen and oxygen atoms in total. The molecule has 0 aromatic rings. The molecule has 0 heterocycles. The zero-order chi connectivity index (χ0) is 14.7. The summed E-state index contributed by atoms with van der Waals surface area (Å²) in [6.45, 7) is 0.898. The topological polar surface area (TPSA) is 46.5 Å². The molecule has 2 unspecified atom stereocenters. The van der Waals surface area contributed by atoms with Gasteiger partial charge in [-0.25, -0.2) is 0 Å². The third-order valence-corrected chi connectivity index (χ3v) is 5.53. The standard InChI is InChI=1S/C18H26O3/c19-17(20)7-4-14-2-5-16(6-3-14)21-13-15-8-11-18(12-15)9-1-10-18/h2-3,5,15-16H,1,4,6-13H2,(H,19,20). The van der Waals surface area contributed by atoms with Gasteiger partial charge >= 0.3 is 5.97 Å². The van der Waals surface area contributed by atoms with E-state index in [9.17, 15) is 4.79 Å². The second-order valence-corrected chi connectivity index (χ2v) is 7.10. The number of rotatable bonds is 6. The lowest BCUT2D eigenvalue weighted by Gasteiger charge is -2.38. The van der Waals surface area contributed by atoms with Crippen molar-refractivity contribution >= 4 is 5.97 Å². The van der Waals surface area contributed by atoms with Gasteiger partial charge in [0, 0.05) is 6.42 Å². The Kier molecular flexibility index (Phi) is 4.48. The number of ether oxygens (including phenoxy) is 1. The molecule has 0 aromatic carbocycles. The van der Waals surface area contributed by atoms with Gasteiger partial charge in [-0.2, -0.15) is 0 Å². The van der Waals surface area contributed by atoms with Crippen LogP contribution in [0.15, 0.2) is 23.8 Å². The predicted octanol–water partition coefficient (Wildman–Crippen LogP) is 4.09. The van der Waals surface area contributed by atoms with Gasteiger partial charge in [0.2, 0.25) is 0 Å². The molecule has 3 heteroatoms. The van der Waals surface area contributed by atoms with Crippen molar-refractivity contribution in [3.63, 3.8) is 0 Å². The molecule has 3 aliphatic carbocycles. The van der Waals surface area contributed by atoms with Crippen LogP contribution < -0.4 is 0 Å². The van der Waals surface area contributed by atoms with Crippen LogP contribution in [0.5, 0.6) is 0 Å². The summed E-state index contributed by atoms with van der Waals surface area (Å²) in [5.74, 6) is 0.0323. The molecule has 0 amide bonds. The summed E-state index contributed by atoms with van der Waals surface area (Å²) in [5, 5.41) is 8.69. The highest BCUT2D eigenvalue weighted by Crippen LogP contribution is 2.55. The molecule has 2 fully saturated rings. The highest BCUT2D eigenvalue weighted by atomic mass is 16.5. The van der Waals surface area contributed by atoms with E-state index < -0.39 is 5.97 Å². The van der Waals surface area contributed by atoms with E-state index in [1.165, 1.54) is 38.5 Å². The Bertz CT molecular complexity index is 445. The van der Waals surface area contributed by atoms with Gasteiger partial charge in [-0.15, -0.1) is 0 Å². The highest BCUT2D eigenvalue weighted by molar-refractivity contribution is 5.67. The van der Waals surface area contributed by atoms with Crippen LogP contribution in [0.1, 0.15) is 57.8 Å². The van der Waals surface area contributed by atoms with Crippen molar-refractivity contribution in [1.82, 2.24) is 0 Å². The monoisotopic (exact) mass is 290 g/mol. The first kappa shape index (κ1) is 14.8. The van der Waals surface area contributed by atoms with Gasteiger partial charge in [0.05, 0.1) is 12.7 Å². The summed E-state index contributed by atoms with van der Waals surface area (Å²) < 4.78 is 6.06. The first-order valence-electron chi connectivity index (χ1n) is 8.36. The minimum Gasteiger partial charge on any atom is -0.481 e.